The van der Waals surface area contributed by atoms with Crippen LogP contribution < -0.4 is 4.74 Å². The van der Waals surface area contributed by atoms with Crippen LogP contribution in [-0.2, 0) is 23.1 Å². The molecule has 0 unspecified atom stereocenters. The third-order valence-corrected chi connectivity index (χ3v) is 6.01. The smallest absolute Gasteiger partial charge is 0.264 e. The van der Waals surface area contributed by atoms with Crippen LogP contribution in [0.1, 0.15) is 16.9 Å². The van der Waals surface area contributed by atoms with E-state index in [4.69, 9.17) is 9.29 Å². The number of hydrogen-bond acceptors (Lipinski definition) is 5. The number of rotatable bonds is 5. The van der Waals surface area contributed by atoms with Crippen molar-refractivity contribution >= 4 is 31.5 Å². The topological polar surface area (TPSA) is 66.8 Å². The Hall–Kier alpha value is -1.15. The maximum Gasteiger partial charge on any atom is 0.264 e. The summed E-state index contributed by atoms with van der Waals surface area (Å²) in [6.45, 7) is 2.46. The number of fused-ring (bicyclic) bond motifs is 3. The van der Waals surface area contributed by atoms with Crippen molar-refractivity contribution in [2.75, 3.05) is 26.0 Å². The highest BCUT2D eigenvalue weighted by Crippen LogP contribution is 2.37. The van der Waals surface area contributed by atoms with Crippen LogP contribution in [0.2, 0.25) is 0 Å². The molecule has 0 atom stereocenters. The van der Waals surface area contributed by atoms with Gasteiger partial charge in [0.05, 0.1) is 12.9 Å². The molecule has 1 N–H and O–H groups in total. The lowest BCUT2D eigenvalue weighted by Gasteiger charge is -2.26. The minimum absolute atomic E-state index is 0.167. The van der Waals surface area contributed by atoms with E-state index in [1.54, 1.807) is 18.4 Å². The summed E-state index contributed by atoms with van der Waals surface area (Å²) in [4.78, 5) is 3.60. The largest absolute Gasteiger partial charge is 0.497 e. The molecule has 0 spiro atoms. The summed E-state index contributed by atoms with van der Waals surface area (Å²) in [5.74, 6) is 0.712. The van der Waals surface area contributed by atoms with E-state index in [1.807, 2.05) is 6.07 Å². The maximum atomic E-state index is 10.8. The van der Waals surface area contributed by atoms with Gasteiger partial charge in [-0.25, -0.2) is 0 Å². The predicted molar refractivity (Wildman–Crippen MR) is 88.4 cm³/mol. The molecular formula is C15H19NO4S2. The van der Waals surface area contributed by atoms with Gasteiger partial charge in [0, 0.05) is 22.7 Å². The second-order valence-corrected chi connectivity index (χ2v) is 8.24. The normalized spacial score (nSPS) is 15.9. The van der Waals surface area contributed by atoms with Crippen LogP contribution in [0.4, 0.5) is 0 Å². The van der Waals surface area contributed by atoms with Crippen LogP contribution in [0, 0.1) is 0 Å². The molecule has 0 amide bonds. The number of hydrogen-bond donors (Lipinski definition) is 1. The van der Waals surface area contributed by atoms with Crippen molar-refractivity contribution < 1.29 is 17.7 Å². The van der Waals surface area contributed by atoms with E-state index in [0.29, 0.717) is 13.0 Å². The van der Waals surface area contributed by atoms with Crippen LogP contribution >= 0.6 is 11.3 Å². The quantitative estimate of drug-likeness (QED) is 0.847. The molecule has 0 saturated carbocycles. The molecule has 0 radical (unpaired) electrons. The standard InChI is InChI=1S/C15H19NO4S2/c1-20-11-3-4-14-13(9-11)12-5-7-16(10-15(12)21-14)6-2-8-22(17,18)19/h3-4,9H,2,5-8,10H2,1H3,(H,17,18,19). The second-order valence-electron chi connectivity index (χ2n) is 5.53. The molecule has 1 aliphatic heterocycles. The van der Waals surface area contributed by atoms with E-state index in [2.05, 4.69) is 17.0 Å². The zero-order chi connectivity index (χ0) is 15.7. The van der Waals surface area contributed by atoms with Crippen molar-refractivity contribution in [2.45, 2.75) is 19.4 Å². The fraction of sp³-hybridized carbons (Fsp3) is 0.467. The van der Waals surface area contributed by atoms with Gasteiger partial charge in [0.15, 0.2) is 0 Å². The van der Waals surface area contributed by atoms with Gasteiger partial charge in [0.2, 0.25) is 0 Å². The molecule has 120 valence electrons. The van der Waals surface area contributed by atoms with Crippen LogP contribution in [0.5, 0.6) is 5.75 Å². The van der Waals surface area contributed by atoms with Crippen LogP contribution in [-0.4, -0.2) is 43.8 Å². The Balaban J connectivity index is 1.73. The molecule has 1 aromatic carbocycles. The van der Waals surface area contributed by atoms with Gasteiger partial charge in [0.1, 0.15) is 5.75 Å². The summed E-state index contributed by atoms with van der Waals surface area (Å²) >= 11 is 1.80. The molecule has 0 fully saturated rings. The third-order valence-electron chi connectivity index (χ3n) is 4.00. The van der Waals surface area contributed by atoms with Gasteiger partial charge in [0.25, 0.3) is 10.1 Å². The van der Waals surface area contributed by atoms with Crippen molar-refractivity contribution in [3.63, 3.8) is 0 Å². The van der Waals surface area contributed by atoms with E-state index >= 15 is 0 Å². The fourth-order valence-corrected chi connectivity index (χ4v) is 4.69. The molecule has 5 nitrogen and oxygen atoms in total. The first-order valence-electron chi connectivity index (χ1n) is 7.22. The highest BCUT2D eigenvalue weighted by atomic mass is 32.2. The van der Waals surface area contributed by atoms with Gasteiger partial charge < -0.3 is 4.74 Å². The van der Waals surface area contributed by atoms with Crippen molar-refractivity contribution in [3.05, 3.63) is 28.6 Å². The predicted octanol–water partition coefficient (Wildman–Crippen LogP) is 2.55. The molecule has 0 aliphatic carbocycles. The molecule has 2 aromatic rings. The molecule has 22 heavy (non-hydrogen) atoms. The third kappa shape index (κ3) is 3.43. The summed E-state index contributed by atoms with van der Waals surface area (Å²) in [5, 5.41) is 1.27. The first kappa shape index (κ1) is 15.7. The summed E-state index contributed by atoms with van der Waals surface area (Å²) in [6.07, 6.45) is 1.43. The molecule has 7 heteroatoms. The van der Waals surface area contributed by atoms with E-state index in [1.165, 1.54) is 20.5 Å². The van der Waals surface area contributed by atoms with E-state index in [9.17, 15) is 8.42 Å². The monoisotopic (exact) mass is 341 g/mol. The number of ether oxygens (including phenoxy) is 1. The molecule has 1 aromatic heterocycles. The lowest BCUT2D eigenvalue weighted by molar-refractivity contribution is 0.258. The summed E-state index contributed by atoms with van der Waals surface area (Å²) in [6, 6.07) is 6.17. The van der Waals surface area contributed by atoms with Crippen LogP contribution in [0.3, 0.4) is 0 Å². The van der Waals surface area contributed by atoms with Gasteiger partial charge >= 0.3 is 0 Å². The lowest BCUT2D eigenvalue weighted by Crippen LogP contribution is -2.31. The molecule has 0 bridgehead atoms. The zero-order valence-electron chi connectivity index (χ0n) is 12.4. The molecular weight excluding hydrogens is 322 g/mol. The average molecular weight is 341 g/mol. The van der Waals surface area contributed by atoms with E-state index in [-0.39, 0.29) is 5.75 Å². The van der Waals surface area contributed by atoms with Gasteiger partial charge in [-0.2, -0.15) is 8.42 Å². The fourth-order valence-electron chi connectivity index (χ4n) is 2.92. The van der Waals surface area contributed by atoms with E-state index < -0.39 is 10.1 Å². The highest BCUT2D eigenvalue weighted by molar-refractivity contribution is 7.85. The Kier molecular flexibility index (Phi) is 4.40. The zero-order valence-corrected chi connectivity index (χ0v) is 14.0. The Morgan fingerprint density at radius 3 is 2.95 bits per heavy atom. The second kappa shape index (κ2) is 6.16. The number of benzene rings is 1. The minimum Gasteiger partial charge on any atom is -0.497 e. The molecule has 3 rings (SSSR count). The van der Waals surface area contributed by atoms with Crippen molar-refractivity contribution in [1.29, 1.82) is 0 Å². The first-order valence-corrected chi connectivity index (χ1v) is 9.64. The van der Waals surface area contributed by atoms with Crippen molar-refractivity contribution in [2.24, 2.45) is 0 Å². The van der Waals surface area contributed by atoms with Crippen LogP contribution in [0.15, 0.2) is 18.2 Å². The Morgan fingerprint density at radius 2 is 2.23 bits per heavy atom. The van der Waals surface area contributed by atoms with Gasteiger partial charge in [-0.05, 0) is 48.5 Å². The summed E-state index contributed by atoms with van der Waals surface area (Å²) in [5.41, 5.74) is 1.39. The SMILES string of the molecule is COc1ccc2sc3c(c2c1)CCN(CCCS(=O)(=O)O)C3. The molecule has 2 heterocycles. The molecule has 0 saturated heterocycles. The van der Waals surface area contributed by atoms with E-state index in [0.717, 1.165) is 25.3 Å². The minimum atomic E-state index is -3.85. The first-order chi connectivity index (χ1) is 10.5. The maximum absolute atomic E-state index is 10.8. The van der Waals surface area contributed by atoms with Crippen molar-refractivity contribution in [3.8, 4) is 5.75 Å². The summed E-state index contributed by atoms with van der Waals surface area (Å²) < 4.78 is 36.9. The Labute approximate surface area is 134 Å². The number of thiophene rings is 1. The summed E-state index contributed by atoms with van der Waals surface area (Å²) in [7, 11) is -2.17. The van der Waals surface area contributed by atoms with Crippen molar-refractivity contribution in [1.82, 2.24) is 4.90 Å². The highest BCUT2D eigenvalue weighted by Gasteiger charge is 2.21. The number of methoxy groups -OCH3 is 1. The molecule has 1 aliphatic rings. The van der Waals surface area contributed by atoms with Crippen LogP contribution in [0.25, 0.3) is 10.1 Å². The van der Waals surface area contributed by atoms with Gasteiger partial charge in [-0.1, -0.05) is 0 Å². The lowest BCUT2D eigenvalue weighted by atomic mass is 10.0. The number of nitrogens with zero attached hydrogens (tertiary/aromatic N) is 1. The average Bonchev–Trinajstić information content (AvgIpc) is 2.82. The van der Waals surface area contributed by atoms with Gasteiger partial charge in [-0.15, -0.1) is 11.3 Å². The van der Waals surface area contributed by atoms with Gasteiger partial charge in [-0.3, -0.25) is 9.45 Å². The Morgan fingerprint density at radius 1 is 1.41 bits per heavy atom. The Bertz CT molecular complexity index is 782.